The Bertz CT molecular complexity index is 978. The second-order valence-corrected chi connectivity index (χ2v) is 7.29. The van der Waals surface area contributed by atoms with Crippen molar-refractivity contribution in [3.8, 4) is 11.3 Å². The van der Waals surface area contributed by atoms with E-state index in [0.717, 1.165) is 34.5 Å². The van der Waals surface area contributed by atoms with Gasteiger partial charge in [0.05, 0.1) is 16.9 Å². The molecule has 0 unspecified atom stereocenters. The smallest absolute Gasteiger partial charge is 0.213 e. The largest absolute Gasteiger partial charge is 0.369 e. The van der Waals surface area contributed by atoms with Gasteiger partial charge in [0.15, 0.2) is 5.96 Å². The van der Waals surface area contributed by atoms with Crippen molar-refractivity contribution in [1.82, 2.24) is 10.3 Å². The van der Waals surface area contributed by atoms with E-state index in [9.17, 15) is 4.79 Å². The van der Waals surface area contributed by atoms with Crippen LogP contribution >= 0.6 is 0 Å². The molecule has 28 heavy (non-hydrogen) atoms. The van der Waals surface area contributed by atoms with Crippen molar-refractivity contribution < 1.29 is 4.79 Å². The summed E-state index contributed by atoms with van der Waals surface area (Å²) in [7, 11) is 0. The maximum Gasteiger partial charge on any atom is 0.213 e. The lowest BCUT2D eigenvalue weighted by molar-refractivity contribution is -0.108. The van der Waals surface area contributed by atoms with Gasteiger partial charge in [0, 0.05) is 10.9 Å². The van der Waals surface area contributed by atoms with Crippen molar-refractivity contribution in [3.63, 3.8) is 0 Å². The lowest BCUT2D eigenvalue weighted by Gasteiger charge is -2.09. The van der Waals surface area contributed by atoms with Crippen LogP contribution in [0.3, 0.4) is 0 Å². The van der Waals surface area contributed by atoms with Crippen molar-refractivity contribution in [3.05, 3.63) is 60.2 Å². The number of hydrogen-bond donors (Lipinski definition) is 2. The van der Waals surface area contributed by atoms with E-state index < -0.39 is 0 Å². The van der Waals surface area contributed by atoms with Crippen LogP contribution in [-0.4, -0.2) is 17.4 Å². The second kappa shape index (κ2) is 9.13. The number of nitrogens with one attached hydrogen (secondary N) is 1. The van der Waals surface area contributed by atoms with Gasteiger partial charge in [-0.15, -0.1) is 0 Å². The fourth-order valence-corrected chi connectivity index (χ4v) is 3.18. The molecule has 0 radical (unpaired) electrons. The number of aryl methyl sites for hydroxylation is 1. The first-order chi connectivity index (χ1) is 13.6. The molecule has 0 aliphatic carbocycles. The van der Waals surface area contributed by atoms with E-state index in [1.54, 1.807) is 0 Å². The summed E-state index contributed by atoms with van der Waals surface area (Å²) in [6, 6.07) is 18.2. The number of nitrogens with two attached hydrogens (primary N) is 1. The SMILES string of the molecule is CC(C)CCCc1ccc(-c2cc(N=C(N)NC=O)c3ccccc3n2)cc1. The maximum atomic E-state index is 10.6. The molecular formula is C23H26N4O. The zero-order valence-corrected chi connectivity index (χ0v) is 16.4. The number of aliphatic imine (C=N–C) groups is 1. The number of hydrogen-bond acceptors (Lipinski definition) is 3. The van der Waals surface area contributed by atoms with Gasteiger partial charge in [-0.2, -0.15) is 0 Å². The summed E-state index contributed by atoms with van der Waals surface area (Å²) >= 11 is 0. The normalized spacial score (nSPS) is 11.8. The molecule has 1 amide bonds. The van der Waals surface area contributed by atoms with E-state index in [2.05, 4.69) is 48.4 Å². The Morgan fingerprint density at radius 2 is 1.93 bits per heavy atom. The van der Waals surface area contributed by atoms with Gasteiger partial charge in [-0.05, 0) is 36.5 Å². The van der Waals surface area contributed by atoms with Gasteiger partial charge in [0.25, 0.3) is 0 Å². The average Bonchev–Trinajstić information content (AvgIpc) is 2.68. The van der Waals surface area contributed by atoms with Gasteiger partial charge in [-0.1, -0.05) is 62.7 Å². The molecule has 5 nitrogen and oxygen atoms in total. The molecule has 0 bridgehead atoms. The molecule has 0 spiro atoms. The molecule has 0 saturated carbocycles. The molecule has 2 aromatic carbocycles. The Labute approximate surface area is 165 Å². The first-order valence-corrected chi connectivity index (χ1v) is 9.60. The van der Waals surface area contributed by atoms with Crippen molar-refractivity contribution in [2.75, 3.05) is 0 Å². The number of benzene rings is 2. The van der Waals surface area contributed by atoms with Gasteiger partial charge in [-0.25, -0.2) is 9.98 Å². The van der Waals surface area contributed by atoms with E-state index in [4.69, 9.17) is 10.7 Å². The van der Waals surface area contributed by atoms with Crippen LogP contribution < -0.4 is 11.1 Å². The molecule has 0 atom stereocenters. The van der Waals surface area contributed by atoms with Crippen LogP contribution in [0.25, 0.3) is 22.2 Å². The highest BCUT2D eigenvalue weighted by molar-refractivity contribution is 5.97. The predicted molar refractivity (Wildman–Crippen MR) is 115 cm³/mol. The minimum atomic E-state index is 0.0535. The molecule has 5 heteroatoms. The van der Waals surface area contributed by atoms with Gasteiger partial charge < -0.3 is 5.73 Å². The number of nitrogens with zero attached hydrogens (tertiary/aromatic N) is 2. The number of para-hydroxylation sites is 1. The Balaban J connectivity index is 1.92. The minimum absolute atomic E-state index is 0.0535. The number of pyridine rings is 1. The van der Waals surface area contributed by atoms with Crippen LogP contribution in [0.15, 0.2) is 59.6 Å². The molecule has 1 heterocycles. The van der Waals surface area contributed by atoms with Gasteiger partial charge in [0.1, 0.15) is 0 Å². The van der Waals surface area contributed by atoms with E-state index >= 15 is 0 Å². The fraction of sp³-hybridized carbons (Fsp3) is 0.261. The first-order valence-electron chi connectivity index (χ1n) is 9.60. The summed E-state index contributed by atoms with van der Waals surface area (Å²) in [5.41, 5.74) is 10.5. The maximum absolute atomic E-state index is 10.6. The zero-order valence-electron chi connectivity index (χ0n) is 16.4. The van der Waals surface area contributed by atoms with Crippen molar-refractivity contribution in [1.29, 1.82) is 0 Å². The van der Waals surface area contributed by atoms with Crippen molar-refractivity contribution >= 4 is 29.0 Å². The number of amides is 1. The number of fused-ring (bicyclic) bond motifs is 1. The number of rotatable bonds is 7. The number of aromatic nitrogens is 1. The van der Waals surface area contributed by atoms with E-state index in [1.165, 1.54) is 18.4 Å². The topological polar surface area (TPSA) is 80.4 Å². The Kier molecular flexibility index (Phi) is 6.37. The molecule has 0 fully saturated rings. The standard InChI is InChI=1S/C23H26N4O/c1-16(2)6-5-7-17-10-12-18(13-11-17)21-14-22(27-23(24)25-15-28)19-8-3-4-9-20(19)26-21/h3-4,8-16H,5-7H2,1-2H3,(H3,24,25,26,27,28). The number of carbonyl (C=O) groups is 1. The Hall–Kier alpha value is -3.21. The van der Waals surface area contributed by atoms with Crippen LogP contribution in [0.1, 0.15) is 32.3 Å². The molecule has 3 N–H and O–H groups in total. The molecule has 3 aromatic rings. The third-order valence-electron chi connectivity index (χ3n) is 4.64. The monoisotopic (exact) mass is 374 g/mol. The molecular weight excluding hydrogens is 348 g/mol. The highest BCUT2D eigenvalue weighted by atomic mass is 16.1. The summed E-state index contributed by atoms with van der Waals surface area (Å²) < 4.78 is 0. The van der Waals surface area contributed by atoms with Gasteiger partial charge >= 0.3 is 0 Å². The molecule has 144 valence electrons. The summed E-state index contributed by atoms with van der Waals surface area (Å²) in [5.74, 6) is 0.791. The van der Waals surface area contributed by atoms with Crippen molar-refractivity contribution in [2.45, 2.75) is 33.1 Å². The second-order valence-electron chi connectivity index (χ2n) is 7.29. The average molecular weight is 374 g/mol. The third kappa shape index (κ3) is 4.94. The summed E-state index contributed by atoms with van der Waals surface area (Å²) in [4.78, 5) is 19.7. The molecule has 0 aliphatic heterocycles. The van der Waals surface area contributed by atoms with Crippen LogP contribution in [0.2, 0.25) is 0 Å². The first kappa shape index (κ1) is 19.5. The molecule has 0 aliphatic rings. The predicted octanol–water partition coefficient (Wildman–Crippen LogP) is 4.57. The minimum Gasteiger partial charge on any atom is -0.369 e. The number of guanidine groups is 1. The highest BCUT2D eigenvalue weighted by Crippen LogP contribution is 2.30. The third-order valence-corrected chi connectivity index (χ3v) is 4.64. The van der Waals surface area contributed by atoms with Gasteiger partial charge in [-0.3, -0.25) is 10.1 Å². The van der Waals surface area contributed by atoms with Crippen molar-refractivity contribution in [2.24, 2.45) is 16.6 Å². The fourth-order valence-electron chi connectivity index (χ4n) is 3.18. The summed E-state index contributed by atoms with van der Waals surface area (Å²) in [6.45, 7) is 4.51. The summed E-state index contributed by atoms with van der Waals surface area (Å²) in [6.07, 6.45) is 4.05. The lowest BCUT2D eigenvalue weighted by Crippen LogP contribution is -2.29. The van der Waals surface area contributed by atoms with Crippen LogP contribution in [0.4, 0.5) is 5.69 Å². The Morgan fingerprint density at radius 1 is 1.18 bits per heavy atom. The van der Waals surface area contributed by atoms with E-state index in [0.29, 0.717) is 12.1 Å². The lowest BCUT2D eigenvalue weighted by atomic mass is 10.0. The number of carbonyl (C=O) groups excluding carboxylic acids is 1. The highest BCUT2D eigenvalue weighted by Gasteiger charge is 2.08. The van der Waals surface area contributed by atoms with Crippen LogP contribution in [-0.2, 0) is 11.2 Å². The van der Waals surface area contributed by atoms with Crippen LogP contribution in [0.5, 0.6) is 0 Å². The quantitative estimate of drug-likeness (QED) is 0.361. The van der Waals surface area contributed by atoms with Crippen LogP contribution in [0, 0.1) is 5.92 Å². The zero-order chi connectivity index (χ0) is 19.9. The summed E-state index contributed by atoms with van der Waals surface area (Å²) in [5, 5.41) is 3.26. The van der Waals surface area contributed by atoms with E-state index in [-0.39, 0.29) is 5.96 Å². The van der Waals surface area contributed by atoms with Gasteiger partial charge in [0.2, 0.25) is 6.41 Å². The molecule has 3 rings (SSSR count). The van der Waals surface area contributed by atoms with E-state index in [1.807, 2.05) is 30.3 Å². The Morgan fingerprint density at radius 3 is 2.64 bits per heavy atom. The molecule has 0 saturated heterocycles. The molecule has 1 aromatic heterocycles.